The Balaban J connectivity index is 2.12. The first kappa shape index (κ1) is 9.79. The minimum atomic E-state index is -0.219. The van der Waals surface area contributed by atoms with Crippen LogP contribution < -0.4 is 5.73 Å². The number of hydrogen-bond acceptors (Lipinski definition) is 5. The fourth-order valence-corrected chi connectivity index (χ4v) is 1.21. The van der Waals surface area contributed by atoms with E-state index in [2.05, 4.69) is 15.1 Å². The molecule has 0 spiro atoms. The van der Waals surface area contributed by atoms with Crippen LogP contribution in [0.5, 0.6) is 0 Å². The normalized spacial score (nSPS) is 12.7. The van der Waals surface area contributed by atoms with E-state index in [4.69, 9.17) is 10.3 Å². The third-order valence-corrected chi connectivity index (χ3v) is 1.98. The zero-order valence-corrected chi connectivity index (χ0v) is 8.42. The van der Waals surface area contributed by atoms with E-state index in [0.29, 0.717) is 18.1 Å². The smallest absolute Gasteiger partial charge is 0.243 e. The predicted octanol–water partition coefficient (Wildman–Crippen LogP) is 1.08. The summed E-state index contributed by atoms with van der Waals surface area (Å²) >= 11 is 0. The minimum absolute atomic E-state index is 0.219. The molecule has 0 saturated heterocycles. The van der Waals surface area contributed by atoms with Crippen molar-refractivity contribution >= 4 is 0 Å². The Labute approximate surface area is 87.3 Å². The lowest BCUT2D eigenvalue weighted by atomic mass is 10.2. The summed E-state index contributed by atoms with van der Waals surface area (Å²) in [5, 5.41) is 3.85. The fourth-order valence-electron chi connectivity index (χ4n) is 1.21. The van der Waals surface area contributed by atoms with Gasteiger partial charge >= 0.3 is 0 Å². The Hall–Kier alpha value is -1.75. The van der Waals surface area contributed by atoms with Crippen LogP contribution in [0.1, 0.15) is 30.2 Å². The highest BCUT2D eigenvalue weighted by Crippen LogP contribution is 2.09. The van der Waals surface area contributed by atoms with Gasteiger partial charge in [-0.05, 0) is 24.6 Å². The third-order valence-electron chi connectivity index (χ3n) is 1.98. The maximum Gasteiger partial charge on any atom is 0.243 e. The lowest BCUT2D eigenvalue weighted by Gasteiger charge is -1.94. The summed E-state index contributed by atoms with van der Waals surface area (Å²) in [6, 6.07) is 3.62. The van der Waals surface area contributed by atoms with E-state index in [1.165, 1.54) is 0 Å². The van der Waals surface area contributed by atoms with E-state index in [1.54, 1.807) is 12.4 Å². The molecular formula is C10H12N4O. The highest BCUT2D eigenvalue weighted by molar-refractivity contribution is 5.14. The van der Waals surface area contributed by atoms with Gasteiger partial charge in [0, 0.05) is 18.8 Å². The monoisotopic (exact) mass is 204 g/mol. The number of nitrogens with two attached hydrogens (primary N) is 1. The largest absolute Gasteiger partial charge is 0.338 e. The van der Waals surface area contributed by atoms with Crippen molar-refractivity contribution < 1.29 is 4.52 Å². The second-order valence-corrected chi connectivity index (χ2v) is 3.37. The summed E-state index contributed by atoms with van der Waals surface area (Å²) < 4.78 is 5.00. The second kappa shape index (κ2) is 4.18. The number of hydrogen-bond donors (Lipinski definition) is 1. The lowest BCUT2D eigenvalue weighted by Crippen LogP contribution is -2.05. The van der Waals surface area contributed by atoms with Crippen molar-refractivity contribution in [1.29, 1.82) is 0 Å². The number of aromatic nitrogens is 3. The van der Waals surface area contributed by atoms with E-state index in [-0.39, 0.29) is 6.04 Å². The molecule has 0 aliphatic rings. The van der Waals surface area contributed by atoms with Gasteiger partial charge in [0.2, 0.25) is 5.89 Å². The first-order chi connectivity index (χ1) is 7.25. The number of nitrogens with zero attached hydrogens (tertiary/aromatic N) is 3. The molecule has 1 atom stereocenters. The molecule has 0 saturated carbocycles. The van der Waals surface area contributed by atoms with E-state index in [1.807, 2.05) is 19.1 Å². The summed E-state index contributed by atoms with van der Waals surface area (Å²) in [5.41, 5.74) is 6.71. The molecule has 0 radical (unpaired) electrons. The SMILES string of the molecule is CC(N)c1nc(Cc2ccncc2)no1. The Morgan fingerprint density at radius 1 is 1.40 bits per heavy atom. The van der Waals surface area contributed by atoms with Crippen molar-refractivity contribution in [3.05, 3.63) is 41.8 Å². The van der Waals surface area contributed by atoms with Gasteiger partial charge in [-0.3, -0.25) is 4.98 Å². The molecule has 0 aromatic carbocycles. The molecule has 5 heteroatoms. The molecule has 0 aliphatic heterocycles. The van der Waals surface area contributed by atoms with E-state index >= 15 is 0 Å². The van der Waals surface area contributed by atoms with Gasteiger partial charge in [0.15, 0.2) is 5.82 Å². The van der Waals surface area contributed by atoms with Gasteiger partial charge in [0.1, 0.15) is 0 Å². The first-order valence-corrected chi connectivity index (χ1v) is 4.72. The Bertz CT molecular complexity index is 424. The predicted molar refractivity (Wildman–Crippen MR) is 53.9 cm³/mol. The maximum absolute atomic E-state index is 5.61. The molecule has 0 amide bonds. The summed E-state index contributed by atoms with van der Waals surface area (Å²) in [6.45, 7) is 1.81. The van der Waals surface area contributed by atoms with Gasteiger partial charge in [0.25, 0.3) is 0 Å². The molecule has 5 nitrogen and oxygen atoms in total. The van der Waals surface area contributed by atoms with Crippen LogP contribution in [0.25, 0.3) is 0 Å². The van der Waals surface area contributed by atoms with Crippen molar-refractivity contribution in [2.75, 3.05) is 0 Å². The standard InChI is InChI=1S/C10H12N4O/c1-7(11)10-13-9(14-15-10)6-8-2-4-12-5-3-8/h2-5,7H,6,11H2,1H3. The van der Waals surface area contributed by atoms with Crippen LogP contribution in [0.3, 0.4) is 0 Å². The van der Waals surface area contributed by atoms with Gasteiger partial charge in [0.05, 0.1) is 6.04 Å². The molecule has 2 aromatic rings. The van der Waals surface area contributed by atoms with Crippen LogP contribution in [0.15, 0.2) is 29.0 Å². The maximum atomic E-state index is 5.61. The van der Waals surface area contributed by atoms with Gasteiger partial charge in [-0.1, -0.05) is 5.16 Å². The van der Waals surface area contributed by atoms with Crippen LogP contribution >= 0.6 is 0 Å². The van der Waals surface area contributed by atoms with E-state index in [9.17, 15) is 0 Å². The van der Waals surface area contributed by atoms with E-state index in [0.717, 1.165) is 5.56 Å². The van der Waals surface area contributed by atoms with Crippen molar-refractivity contribution in [2.24, 2.45) is 5.73 Å². The Morgan fingerprint density at radius 2 is 2.13 bits per heavy atom. The van der Waals surface area contributed by atoms with Crippen molar-refractivity contribution in [1.82, 2.24) is 15.1 Å². The molecule has 78 valence electrons. The zero-order chi connectivity index (χ0) is 10.7. The molecule has 2 aromatic heterocycles. The average molecular weight is 204 g/mol. The van der Waals surface area contributed by atoms with Gasteiger partial charge in [-0.15, -0.1) is 0 Å². The van der Waals surface area contributed by atoms with Gasteiger partial charge in [-0.25, -0.2) is 0 Å². The number of pyridine rings is 1. The van der Waals surface area contributed by atoms with Crippen LogP contribution in [-0.2, 0) is 6.42 Å². The topological polar surface area (TPSA) is 77.8 Å². The van der Waals surface area contributed by atoms with Crippen molar-refractivity contribution in [2.45, 2.75) is 19.4 Å². The van der Waals surface area contributed by atoms with Crippen LogP contribution in [-0.4, -0.2) is 15.1 Å². The van der Waals surface area contributed by atoms with Crippen molar-refractivity contribution in [3.63, 3.8) is 0 Å². The molecular weight excluding hydrogens is 192 g/mol. The van der Waals surface area contributed by atoms with Crippen LogP contribution in [0, 0.1) is 0 Å². The van der Waals surface area contributed by atoms with E-state index < -0.39 is 0 Å². The Morgan fingerprint density at radius 3 is 2.73 bits per heavy atom. The van der Waals surface area contributed by atoms with Gasteiger partial charge in [-0.2, -0.15) is 4.98 Å². The summed E-state index contributed by atoms with van der Waals surface area (Å²) in [5.74, 6) is 1.12. The average Bonchev–Trinajstić information content (AvgIpc) is 2.68. The quantitative estimate of drug-likeness (QED) is 0.809. The molecule has 1 unspecified atom stereocenters. The molecule has 0 aliphatic carbocycles. The van der Waals surface area contributed by atoms with Crippen LogP contribution in [0.2, 0.25) is 0 Å². The first-order valence-electron chi connectivity index (χ1n) is 4.72. The molecule has 15 heavy (non-hydrogen) atoms. The fraction of sp³-hybridized carbons (Fsp3) is 0.300. The number of rotatable bonds is 3. The molecule has 2 rings (SSSR count). The lowest BCUT2D eigenvalue weighted by molar-refractivity contribution is 0.358. The minimum Gasteiger partial charge on any atom is -0.338 e. The molecule has 0 fully saturated rings. The Kier molecular flexibility index (Phi) is 2.73. The highest BCUT2D eigenvalue weighted by Gasteiger charge is 2.10. The zero-order valence-electron chi connectivity index (χ0n) is 8.42. The van der Waals surface area contributed by atoms with Crippen LogP contribution in [0.4, 0.5) is 0 Å². The summed E-state index contributed by atoms with van der Waals surface area (Å²) in [7, 11) is 0. The second-order valence-electron chi connectivity index (χ2n) is 3.37. The van der Waals surface area contributed by atoms with Gasteiger partial charge < -0.3 is 10.3 Å². The molecule has 2 N–H and O–H groups in total. The highest BCUT2D eigenvalue weighted by atomic mass is 16.5. The summed E-state index contributed by atoms with van der Waals surface area (Å²) in [4.78, 5) is 8.12. The third kappa shape index (κ3) is 2.38. The molecule has 0 bridgehead atoms. The molecule has 2 heterocycles. The van der Waals surface area contributed by atoms with Crippen molar-refractivity contribution in [3.8, 4) is 0 Å². The summed E-state index contributed by atoms with van der Waals surface area (Å²) in [6.07, 6.45) is 4.11.